The fourth-order valence-electron chi connectivity index (χ4n) is 3.41. The Labute approximate surface area is 169 Å². The summed E-state index contributed by atoms with van der Waals surface area (Å²) in [7, 11) is 1.61. The van der Waals surface area contributed by atoms with E-state index in [9.17, 15) is 4.79 Å². The molecule has 0 N–H and O–H groups in total. The first-order valence-electron chi connectivity index (χ1n) is 9.60. The number of furan rings is 1. The molecule has 0 fully saturated rings. The van der Waals surface area contributed by atoms with E-state index >= 15 is 0 Å². The van der Waals surface area contributed by atoms with Crippen LogP contribution in [0.3, 0.4) is 0 Å². The Kier molecular flexibility index (Phi) is 5.34. The van der Waals surface area contributed by atoms with Crippen LogP contribution in [0.5, 0.6) is 11.5 Å². The van der Waals surface area contributed by atoms with Crippen molar-refractivity contribution < 1.29 is 18.7 Å². The van der Waals surface area contributed by atoms with Crippen LogP contribution in [-0.2, 0) is 6.42 Å². The van der Waals surface area contributed by atoms with Crippen molar-refractivity contribution in [2.24, 2.45) is 0 Å². The number of para-hydroxylation sites is 1. The van der Waals surface area contributed by atoms with Crippen molar-refractivity contribution in [1.82, 2.24) is 0 Å². The maximum Gasteiger partial charge on any atom is 0.197 e. The second-order valence-corrected chi connectivity index (χ2v) is 6.71. The van der Waals surface area contributed by atoms with E-state index in [1.165, 1.54) is 0 Å². The molecule has 0 unspecified atom stereocenters. The van der Waals surface area contributed by atoms with Crippen molar-refractivity contribution in [2.75, 3.05) is 13.7 Å². The van der Waals surface area contributed by atoms with Crippen molar-refractivity contribution in [3.05, 3.63) is 95.2 Å². The van der Waals surface area contributed by atoms with Gasteiger partial charge in [0.1, 0.15) is 22.8 Å². The van der Waals surface area contributed by atoms with E-state index in [1.807, 2.05) is 55.5 Å². The second kappa shape index (κ2) is 8.23. The third-order valence-electron chi connectivity index (χ3n) is 4.85. The van der Waals surface area contributed by atoms with Gasteiger partial charge in [-0.25, -0.2) is 0 Å². The van der Waals surface area contributed by atoms with Crippen molar-refractivity contribution in [2.45, 2.75) is 13.3 Å². The number of ketones is 1. The lowest BCUT2D eigenvalue weighted by molar-refractivity contribution is 0.103. The molecule has 0 amide bonds. The average molecular weight is 386 g/mol. The molecule has 0 aliphatic heterocycles. The maximum atomic E-state index is 13.4. The summed E-state index contributed by atoms with van der Waals surface area (Å²) < 4.78 is 16.8. The van der Waals surface area contributed by atoms with Crippen LogP contribution in [0.15, 0.2) is 77.2 Å². The molecule has 4 rings (SSSR count). The highest BCUT2D eigenvalue weighted by atomic mass is 16.5. The minimum Gasteiger partial charge on any atom is -0.497 e. The number of benzene rings is 3. The molecule has 0 bridgehead atoms. The first kappa shape index (κ1) is 18.8. The first-order valence-corrected chi connectivity index (χ1v) is 9.60. The zero-order valence-electron chi connectivity index (χ0n) is 16.5. The van der Waals surface area contributed by atoms with Gasteiger partial charge in [-0.15, -0.1) is 0 Å². The summed E-state index contributed by atoms with van der Waals surface area (Å²) in [5.41, 5.74) is 2.98. The smallest absolute Gasteiger partial charge is 0.197 e. The number of fused-ring (bicyclic) bond motifs is 1. The van der Waals surface area contributed by atoms with Gasteiger partial charge in [-0.1, -0.05) is 30.3 Å². The maximum absolute atomic E-state index is 13.4. The lowest BCUT2D eigenvalue weighted by Crippen LogP contribution is -2.04. The molecular formula is C25H22O4. The third kappa shape index (κ3) is 3.87. The summed E-state index contributed by atoms with van der Waals surface area (Å²) >= 11 is 0. The molecule has 0 aliphatic carbocycles. The van der Waals surface area contributed by atoms with Gasteiger partial charge in [0.05, 0.1) is 19.3 Å². The summed E-state index contributed by atoms with van der Waals surface area (Å²) in [6.45, 7) is 2.59. The fourth-order valence-corrected chi connectivity index (χ4v) is 3.41. The molecule has 4 nitrogen and oxygen atoms in total. The summed E-state index contributed by atoms with van der Waals surface area (Å²) in [6, 6.07) is 22.7. The molecule has 29 heavy (non-hydrogen) atoms. The Hall–Kier alpha value is -3.53. The zero-order valence-corrected chi connectivity index (χ0v) is 16.5. The van der Waals surface area contributed by atoms with Crippen molar-refractivity contribution in [3.8, 4) is 11.5 Å². The van der Waals surface area contributed by atoms with Crippen molar-refractivity contribution in [1.29, 1.82) is 0 Å². The molecule has 3 aromatic carbocycles. The molecular weight excluding hydrogens is 364 g/mol. The van der Waals surface area contributed by atoms with Gasteiger partial charge >= 0.3 is 0 Å². The summed E-state index contributed by atoms with van der Waals surface area (Å²) in [4.78, 5) is 13.4. The van der Waals surface area contributed by atoms with Gasteiger partial charge in [-0.2, -0.15) is 0 Å². The number of methoxy groups -OCH3 is 1. The molecule has 0 radical (unpaired) electrons. The zero-order chi connectivity index (χ0) is 20.2. The number of carbonyl (C=O) groups is 1. The van der Waals surface area contributed by atoms with Gasteiger partial charge in [-0.3, -0.25) is 4.79 Å². The number of carbonyl (C=O) groups excluding carboxylic acids is 1. The van der Waals surface area contributed by atoms with Crippen molar-refractivity contribution >= 4 is 16.8 Å². The molecule has 0 aliphatic rings. The van der Waals surface area contributed by atoms with Gasteiger partial charge in [0.2, 0.25) is 0 Å². The van der Waals surface area contributed by atoms with Crippen LogP contribution in [0.2, 0.25) is 0 Å². The minimum absolute atomic E-state index is 0.0569. The highest BCUT2D eigenvalue weighted by Gasteiger charge is 2.22. The van der Waals surface area contributed by atoms with Crippen LogP contribution in [0.1, 0.15) is 34.2 Å². The largest absolute Gasteiger partial charge is 0.497 e. The Morgan fingerprint density at radius 2 is 1.59 bits per heavy atom. The molecule has 0 spiro atoms. The number of hydrogen-bond acceptors (Lipinski definition) is 4. The van der Waals surface area contributed by atoms with Gasteiger partial charge in [0, 0.05) is 17.4 Å². The van der Waals surface area contributed by atoms with Crippen LogP contribution in [-0.4, -0.2) is 19.5 Å². The standard InChI is InChI=1S/C25H22O4/c1-3-28-20-12-8-17(9-13-20)16-23-24(21-6-4-5-7-22(21)29-23)25(26)18-10-14-19(27-2)15-11-18/h4-15H,3,16H2,1-2H3. The molecule has 0 atom stereocenters. The summed E-state index contributed by atoms with van der Waals surface area (Å²) in [5.74, 6) is 2.15. The summed E-state index contributed by atoms with van der Waals surface area (Å²) in [5, 5.41) is 0.828. The molecule has 1 aromatic heterocycles. The normalized spacial score (nSPS) is 10.8. The van der Waals surface area contributed by atoms with Gasteiger partial charge in [-0.05, 0) is 55.0 Å². The first-order chi connectivity index (χ1) is 14.2. The second-order valence-electron chi connectivity index (χ2n) is 6.71. The molecule has 4 aromatic rings. The average Bonchev–Trinajstić information content (AvgIpc) is 3.12. The van der Waals surface area contributed by atoms with Gasteiger partial charge in [0.15, 0.2) is 5.78 Å². The van der Waals surface area contributed by atoms with E-state index in [0.29, 0.717) is 41.2 Å². The topological polar surface area (TPSA) is 48.7 Å². The van der Waals surface area contributed by atoms with E-state index in [1.54, 1.807) is 31.4 Å². The van der Waals surface area contributed by atoms with Crippen LogP contribution in [0.25, 0.3) is 11.0 Å². The number of ether oxygens (including phenoxy) is 2. The summed E-state index contributed by atoms with van der Waals surface area (Å²) in [6.07, 6.45) is 0.526. The van der Waals surface area contributed by atoms with E-state index in [-0.39, 0.29) is 5.78 Å². The Balaban J connectivity index is 1.73. The van der Waals surface area contributed by atoms with Gasteiger partial charge in [0.25, 0.3) is 0 Å². The molecule has 0 saturated heterocycles. The number of rotatable bonds is 7. The monoisotopic (exact) mass is 386 g/mol. The minimum atomic E-state index is -0.0569. The molecule has 4 heteroatoms. The van der Waals surface area contributed by atoms with Gasteiger partial charge < -0.3 is 13.9 Å². The molecule has 1 heterocycles. The predicted octanol–water partition coefficient (Wildman–Crippen LogP) is 5.66. The highest BCUT2D eigenvalue weighted by molar-refractivity contribution is 6.16. The predicted molar refractivity (Wildman–Crippen MR) is 113 cm³/mol. The Morgan fingerprint density at radius 1 is 0.897 bits per heavy atom. The lowest BCUT2D eigenvalue weighted by atomic mass is 9.97. The van der Waals surface area contributed by atoms with Crippen LogP contribution >= 0.6 is 0 Å². The van der Waals surface area contributed by atoms with E-state index in [4.69, 9.17) is 13.9 Å². The lowest BCUT2D eigenvalue weighted by Gasteiger charge is -2.06. The van der Waals surface area contributed by atoms with Crippen LogP contribution < -0.4 is 9.47 Å². The SMILES string of the molecule is CCOc1ccc(Cc2oc3ccccc3c2C(=O)c2ccc(OC)cc2)cc1. The third-order valence-corrected chi connectivity index (χ3v) is 4.85. The molecule has 146 valence electrons. The van der Waals surface area contributed by atoms with E-state index < -0.39 is 0 Å². The highest BCUT2D eigenvalue weighted by Crippen LogP contribution is 2.30. The quantitative estimate of drug-likeness (QED) is 0.385. The Bertz CT molecular complexity index is 1120. The van der Waals surface area contributed by atoms with Crippen LogP contribution in [0, 0.1) is 0 Å². The van der Waals surface area contributed by atoms with E-state index in [0.717, 1.165) is 16.7 Å². The van der Waals surface area contributed by atoms with E-state index in [2.05, 4.69) is 0 Å². The molecule has 0 saturated carbocycles. The Morgan fingerprint density at radius 3 is 2.28 bits per heavy atom. The fraction of sp³-hybridized carbons (Fsp3) is 0.160. The van der Waals surface area contributed by atoms with Crippen molar-refractivity contribution in [3.63, 3.8) is 0 Å². The van der Waals surface area contributed by atoms with Crippen LogP contribution in [0.4, 0.5) is 0 Å². The number of hydrogen-bond donors (Lipinski definition) is 0.